The Bertz CT molecular complexity index is 461. The first-order valence-corrected chi connectivity index (χ1v) is 6.78. The smallest absolute Gasteiger partial charge is 0.248 e. The van der Waals surface area contributed by atoms with Gasteiger partial charge in [0.05, 0.1) is 0 Å². The van der Waals surface area contributed by atoms with Gasteiger partial charge in [0.15, 0.2) is 0 Å². The molecule has 1 saturated carbocycles. The molecule has 2 unspecified atom stereocenters. The van der Waals surface area contributed by atoms with E-state index >= 15 is 0 Å². The van der Waals surface area contributed by atoms with Crippen molar-refractivity contribution in [2.24, 2.45) is 11.1 Å². The summed E-state index contributed by atoms with van der Waals surface area (Å²) in [5.74, 6) is -0.400. The number of hydrogen-bond donors (Lipinski definition) is 3. The van der Waals surface area contributed by atoms with Gasteiger partial charge in [0.2, 0.25) is 5.91 Å². The quantitative estimate of drug-likeness (QED) is 0.751. The van der Waals surface area contributed by atoms with E-state index in [1.807, 2.05) is 18.2 Å². The minimum atomic E-state index is -0.400. The number of carbonyl (C=O) groups excluding carboxylic acids is 1. The first-order valence-electron chi connectivity index (χ1n) is 6.78. The van der Waals surface area contributed by atoms with Crippen LogP contribution in [0.5, 0.6) is 0 Å². The van der Waals surface area contributed by atoms with Crippen LogP contribution in [0.1, 0.15) is 42.1 Å². The van der Waals surface area contributed by atoms with Gasteiger partial charge in [-0.25, -0.2) is 0 Å². The molecule has 4 N–H and O–H groups in total. The predicted molar refractivity (Wildman–Crippen MR) is 74.6 cm³/mol. The fourth-order valence-electron chi connectivity index (χ4n) is 2.85. The zero-order valence-electron chi connectivity index (χ0n) is 11.4. The number of hydrogen-bond acceptors (Lipinski definition) is 3. The third kappa shape index (κ3) is 3.14. The topological polar surface area (TPSA) is 75.3 Å². The maximum atomic E-state index is 11.1. The van der Waals surface area contributed by atoms with Crippen LogP contribution in [-0.4, -0.2) is 23.7 Å². The lowest BCUT2D eigenvalue weighted by molar-refractivity contribution is 0.1000. The molecule has 1 aromatic carbocycles. The Balaban J connectivity index is 1.99. The van der Waals surface area contributed by atoms with Gasteiger partial charge in [-0.2, -0.15) is 0 Å². The number of carbonyl (C=O) groups is 1. The molecule has 1 aliphatic carbocycles. The highest BCUT2D eigenvalue weighted by molar-refractivity contribution is 5.92. The van der Waals surface area contributed by atoms with Gasteiger partial charge in [0.1, 0.15) is 0 Å². The number of primary amides is 1. The van der Waals surface area contributed by atoms with E-state index in [1.165, 1.54) is 0 Å². The zero-order valence-corrected chi connectivity index (χ0v) is 11.4. The molecular weight excluding hydrogens is 240 g/mol. The van der Waals surface area contributed by atoms with Crippen molar-refractivity contribution in [3.63, 3.8) is 0 Å². The fourth-order valence-corrected chi connectivity index (χ4v) is 2.85. The molecule has 0 spiro atoms. The SMILES string of the molecule is CC1(CO)CCCC1NCc1cccc(C(N)=O)c1. The summed E-state index contributed by atoms with van der Waals surface area (Å²) in [5, 5.41) is 13.0. The molecule has 0 aliphatic heterocycles. The highest BCUT2D eigenvalue weighted by Gasteiger charge is 2.37. The van der Waals surface area contributed by atoms with Gasteiger partial charge in [-0.05, 0) is 30.5 Å². The highest BCUT2D eigenvalue weighted by atomic mass is 16.3. The Labute approximate surface area is 114 Å². The van der Waals surface area contributed by atoms with Crippen LogP contribution >= 0.6 is 0 Å². The van der Waals surface area contributed by atoms with Crippen LogP contribution in [0.25, 0.3) is 0 Å². The number of rotatable bonds is 5. The van der Waals surface area contributed by atoms with Crippen molar-refractivity contribution >= 4 is 5.91 Å². The van der Waals surface area contributed by atoms with E-state index in [-0.39, 0.29) is 12.0 Å². The van der Waals surface area contributed by atoms with Crippen molar-refractivity contribution in [2.75, 3.05) is 6.61 Å². The first-order chi connectivity index (χ1) is 9.05. The Morgan fingerprint density at radius 3 is 3.05 bits per heavy atom. The van der Waals surface area contributed by atoms with E-state index < -0.39 is 5.91 Å². The van der Waals surface area contributed by atoms with Crippen molar-refractivity contribution in [3.05, 3.63) is 35.4 Å². The third-order valence-corrected chi connectivity index (χ3v) is 4.21. The van der Waals surface area contributed by atoms with Gasteiger partial charge in [0.25, 0.3) is 0 Å². The van der Waals surface area contributed by atoms with E-state index in [9.17, 15) is 9.90 Å². The second-order valence-electron chi connectivity index (χ2n) is 5.70. The van der Waals surface area contributed by atoms with Gasteiger partial charge < -0.3 is 16.2 Å². The van der Waals surface area contributed by atoms with Gasteiger partial charge in [0, 0.05) is 30.2 Å². The van der Waals surface area contributed by atoms with Gasteiger partial charge in [-0.1, -0.05) is 25.5 Å². The minimum Gasteiger partial charge on any atom is -0.396 e. The lowest BCUT2D eigenvalue weighted by atomic mass is 9.85. The second kappa shape index (κ2) is 5.72. The summed E-state index contributed by atoms with van der Waals surface area (Å²) in [6.45, 7) is 3.03. The lowest BCUT2D eigenvalue weighted by Crippen LogP contribution is -2.41. The molecule has 0 aromatic heterocycles. The number of nitrogens with two attached hydrogens (primary N) is 1. The molecule has 19 heavy (non-hydrogen) atoms. The van der Waals surface area contributed by atoms with Crippen LogP contribution in [-0.2, 0) is 6.54 Å². The van der Waals surface area contributed by atoms with Crippen molar-refractivity contribution in [2.45, 2.75) is 38.8 Å². The molecule has 1 aromatic rings. The average molecular weight is 262 g/mol. The molecule has 0 heterocycles. The molecule has 0 bridgehead atoms. The molecule has 104 valence electrons. The summed E-state index contributed by atoms with van der Waals surface area (Å²) in [6, 6.07) is 7.69. The van der Waals surface area contributed by atoms with Crippen LogP contribution in [0.2, 0.25) is 0 Å². The summed E-state index contributed by atoms with van der Waals surface area (Å²) in [7, 11) is 0. The van der Waals surface area contributed by atoms with Crippen LogP contribution in [0.4, 0.5) is 0 Å². The average Bonchev–Trinajstić information content (AvgIpc) is 2.79. The van der Waals surface area contributed by atoms with E-state index in [1.54, 1.807) is 6.07 Å². The number of aliphatic hydroxyl groups excluding tert-OH is 1. The summed E-state index contributed by atoms with van der Waals surface area (Å²) < 4.78 is 0. The second-order valence-corrected chi connectivity index (χ2v) is 5.70. The normalized spacial score (nSPS) is 26.5. The van der Waals surface area contributed by atoms with E-state index in [2.05, 4.69) is 12.2 Å². The standard InChI is InChI=1S/C15H22N2O2/c1-15(10-18)7-3-6-13(15)17-9-11-4-2-5-12(8-11)14(16)19/h2,4-5,8,13,17-18H,3,6-7,9-10H2,1H3,(H2,16,19). The molecule has 1 amide bonds. The largest absolute Gasteiger partial charge is 0.396 e. The number of benzene rings is 1. The Hall–Kier alpha value is -1.39. The summed E-state index contributed by atoms with van der Waals surface area (Å²) in [4.78, 5) is 11.1. The number of amides is 1. The van der Waals surface area contributed by atoms with Gasteiger partial charge >= 0.3 is 0 Å². The molecule has 1 fully saturated rings. The van der Waals surface area contributed by atoms with Crippen molar-refractivity contribution in [3.8, 4) is 0 Å². The predicted octanol–water partition coefficient (Wildman–Crippen LogP) is 1.43. The summed E-state index contributed by atoms with van der Waals surface area (Å²) in [6.07, 6.45) is 3.30. The van der Waals surface area contributed by atoms with Crippen LogP contribution in [0.3, 0.4) is 0 Å². The Morgan fingerprint density at radius 1 is 1.58 bits per heavy atom. The number of aliphatic hydroxyl groups is 1. The van der Waals surface area contributed by atoms with Crippen molar-refractivity contribution in [1.82, 2.24) is 5.32 Å². The third-order valence-electron chi connectivity index (χ3n) is 4.21. The monoisotopic (exact) mass is 262 g/mol. The summed E-state index contributed by atoms with van der Waals surface area (Å²) >= 11 is 0. The van der Waals surface area contributed by atoms with Crippen LogP contribution in [0, 0.1) is 5.41 Å². The molecule has 1 aliphatic rings. The highest BCUT2D eigenvalue weighted by Crippen LogP contribution is 2.37. The van der Waals surface area contributed by atoms with Crippen LogP contribution < -0.4 is 11.1 Å². The maximum absolute atomic E-state index is 11.1. The van der Waals surface area contributed by atoms with Crippen molar-refractivity contribution in [1.29, 1.82) is 0 Å². The first kappa shape index (κ1) is 14.0. The van der Waals surface area contributed by atoms with E-state index in [0.29, 0.717) is 18.2 Å². The fraction of sp³-hybridized carbons (Fsp3) is 0.533. The maximum Gasteiger partial charge on any atom is 0.248 e. The Kier molecular flexibility index (Phi) is 4.22. The van der Waals surface area contributed by atoms with Crippen LogP contribution in [0.15, 0.2) is 24.3 Å². The summed E-state index contributed by atoms with van der Waals surface area (Å²) in [5.41, 5.74) is 6.83. The minimum absolute atomic E-state index is 0.0265. The molecule has 0 saturated heterocycles. The van der Waals surface area contributed by atoms with E-state index in [4.69, 9.17) is 5.73 Å². The molecule has 0 radical (unpaired) electrons. The number of nitrogens with one attached hydrogen (secondary N) is 1. The van der Waals surface area contributed by atoms with Gasteiger partial charge in [-0.15, -0.1) is 0 Å². The molecule has 4 heteroatoms. The molecule has 2 rings (SSSR count). The van der Waals surface area contributed by atoms with E-state index in [0.717, 1.165) is 24.8 Å². The zero-order chi connectivity index (χ0) is 13.9. The molecule has 2 atom stereocenters. The lowest BCUT2D eigenvalue weighted by Gasteiger charge is -2.30. The molecule has 4 nitrogen and oxygen atoms in total. The Morgan fingerprint density at radius 2 is 2.37 bits per heavy atom. The van der Waals surface area contributed by atoms with Crippen molar-refractivity contribution < 1.29 is 9.90 Å². The molecular formula is C15H22N2O2. The van der Waals surface area contributed by atoms with Gasteiger partial charge in [-0.3, -0.25) is 4.79 Å².